The van der Waals surface area contributed by atoms with Gasteiger partial charge in [-0.1, -0.05) is 12.2 Å². The molecular formula is C11H16N2S. The molecule has 1 N–H and O–H groups in total. The van der Waals surface area contributed by atoms with E-state index in [1.165, 1.54) is 23.4 Å². The second-order valence-corrected chi connectivity index (χ2v) is 4.72. The zero-order valence-corrected chi connectivity index (χ0v) is 9.47. The summed E-state index contributed by atoms with van der Waals surface area (Å²) in [4.78, 5) is 5.65. The van der Waals surface area contributed by atoms with Gasteiger partial charge >= 0.3 is 0 Å². The van der Waals surface area contributed by atoms with Gasteiger partial charge in [0, 0.05) is 17.0 Å². The lowest BCUT2D eigenvalue weighted by molar-refractivity contribution is 0.474. The molecule has 14 heavy (non-hydrogen) atoms. The van der Waals surface area contributed by atoms with E-state index in [1.807, 2.05) is 5.51 Å². The number of nitrogens with zero attached hydrogens (tertiary/aromatic N) is 1. The molecule has 0 aromatic carbocycles. The van der Waals surface area contributed by atoms with Crippen LogP contribution in [0.25, 0.3) is 0 Å². The highest BCUT2D eigenvalue weighted by Crippen LogP contribution is 2.23. The third-order valence-electron chi connectivity index (χ3n) is 2.67. The Morgan fingerprint density at radius 1 is 1.50 bits per heavy atom. The Morgan fingerprint density at radius 2 is 2.21 bits per heavy atom. The van der Waals surface area contributed by atoms with Crippen LogP contribution in [-0.4, -0.2) is 11.0 Å². The van der Waals surface area contributed by atoms with E-state index in [9.17, 15) is 0 Å². The molecule has 1 aromatic rings. The standard InChI is InChI=1S/C11H16N2S/c1-8-11(14-7-12-8)9(2)13-10-5-3-4-6-10/h3-4,7,9-10,13H,5-6H2,1-2H3. The highest BCUT2D eigenvalue weighted by Gasteiger charge is 2.16. The lowest BCUT2D eigenvalue weighted by atomic mass is 10.1. The molecule has 0 fully saturated rings. The molecule has 1 atom stereocenters. The second kappa shape index (κ2) is 4.24. The zero-order chi connectivity index (χ0) is 9.97. The number of aryl methyl sites for hydroxylation is 1. The predicted octanol–water partition coefficient (Wildman–Crippen LogP) is 2.82. The SMILES string of the molecule is Cc1ncsc1C(C)NC1CC=CC1. The van der Waals surface area contributed by atoms with Crippen molar-refractivity contribution in [1.29, 1.82) is 0 Å². The third kappa shape index (κ3) is 2.04. The van der Waals surface area contributed by atoms with Gasteiger partial charge in [0.05, 0.1) is 11.2 Å². The monoisotopic (exact) mass is 208 g/mol. The number of nitrogens with one attached hydrogen (secondary N) is 1. The molecule has 3 heteroatoms. The van der Waals surface area contributed by atoms with Gasteiger partial charge in [0.1, 0.15) is 0 Å². The second-order valence-electron chi connectivity index (χ2n) is 3.83. The maximum atomic E-state index is 4.28. The van der Waals surface area contributed by atoms with Gasteiger partial charge in [-0.05, 0) is 26.7 Å². The summed E-state index contributed by atoms with van der Waals surface area (Å²) in [5.41, 5.74) is 3.09. The van der Waals surface area contributed by atoms with Gasteiger partial charge in [-0.2, -0.15) is 0 Å². The molecule has 0 saturated carbocycles. The van der Waals surface area contributed by atoms with Crippen LogP contribution in [0.15, 0.2) is 17.7 Å². The van der Waals surface area contributed by atoms with Crippen molar-refractivity contribution in [3.8, 4) is 0 Å². The highest BCUT2D eigenvalue weighted by atomic mass is 32.1. The van der Waals surface area contributed by atoms with Crippen LogP contribution in [0.2, 0.25) is 0 Å². The van der Waals surface area contributed by atoms with Crippen molar-refractivity contribution in [2.24, 2.45) is 0 Å². The van der Waals surface area contributed by atoms with Crippen molar-refractivity contribution in [1.82, 2.24) is 10.3 Å². The Morgan fingerprint density at radius 3 is 2.79 bits per heavy atom. The lowest BCUT2D eigenvalue weighted by Crippen LogP contribution is -2.29. The molecule has 0 amide bonds. The Hall–Kier alpha value is -0.670. The van der Waals surface area contributed by atoms with E-state index in [1.54, 1.807) is 11.3 Å². The van der Waals surface area contributed by atoms with E-state index in [2.05, 4.69) is 36.3 Å². The van der Waals surface area contributed by atoms with Gasteiger partial charge in [0.2, 0.25) is 0 Å². The van der Waals surface area contributed by atoms with Crippen LogP contribution in [-0.2, 0) is 0 Å². The van der Waals surface area contributed by atoms with Gasteiger partial charge in [0.15, 0.2) is 0 Å². The number of hydrogen-bond donors (Lipinski definition) is 1. The summed E-state index contributed by atoms with van der Waals surface area (Å²) in [5.74, 6) is 0. The Balaban J connectivity index is 1.95. The molecular weight excluding hydrogens is 192 g/mol. The van der Waals surface area contributed by atoms with Crippen LogP contribution in [0.1, 0.15) is 36.4 Å². The summed E-state index contributed by atoms with van der Waals surface area (Å²) in [6.45, 7) is 4.30. The van der Waals surface area contributed by atoms with Gasteiger partial charge in [-0.25, -0.2) is 4.98 Å². The van der Waals surface area contributed by atoms with Crippen LogP contribution in [0.4, 0.5) is 0 Å². The topological polar surface area (TPSA) is 24.9 Å². The molecule has 2 rings (SSSR count). The maximum absolute atomic E-state index is 4.28. The summed E-state index contributed by atoms with van der Waals surface area (Å²) in [6, 6.07) is 1.07. The number of hydrogen-bond acceptors (Lipinski definition) is 3. The fourth-order valence-corrected chi connectivity index (χ4v) is 2.73. The van der Waals surface area contributed by atoms with Crippen LogP contribution >= 0.6 is 11.3 Å². The number of rotatable bonds is 3. The van der Waals surface area contributed by atoms with Gasteiger partial charge in [-0.15, -0.1) is 11.3 Å². The largest absolute Gasteiger partial charge is 0.306 e. The van der Waals surface area contributed by atoms with Crippen molar-refractivity contribution in [2.75, 3.05) is 0 Å². The first-order chi connectivity index (χ1) is 6.77. The van der Waals surface area contributed by atoms with Crippen molar-refractivity contribution in [3.63, 3.8) is 0 Å². The zero-order valence-electron chi connectivity index (χ0n) is 8.66. The third-order valence-corrected chi connectivity index (χ3v) is 3.78. The summed E-state index contributed by atoms with van der Waals surface area (Å²) < 4.78 is 0. The lowest BCUT2D eigenvalue weighted by Gasteiger charge is -2.18. The molecule has 0 radical (unpaired) electrons. The maximum Gasteiger partial charge on any atom is 0.0798 e. The van der Waals surface area contributed by atoms with E-state index in [0.717, 1.165) is 0 Å². The van der Waals surface area contributed by atoms with Crippen molar-refractivity contribution in [3.05, 3.63) is 28.2 Å². The molecule has 0 bridgehead atoms. The first-order valence-electron chi connectivity index (χ1n) is 5.08. The van der Waals surface area contributed by atoms with Crippen LogP contribution in [0.5, 0.6) is 0 Å². The van der Waals surface area contributed by atoms with Gasteiger partial charge < -0.3 is 5.32 Å². The fourth-order valence-electron chi connectivity index (χ4n) is 1.91. The summed E-state index contributed by atoms with van der Waals surface area (Å²) in [6.07, 6.45) is 6.85. The molecule has 0 spiro atoms. The normalized spacial score (nSPS) is 19.0. The summed E-state index contributed by atoms with van der Waals surface area (Å²) in [5, 5.41) is 3.63. The van der Waals surface area contributed by atoms with E-state index in [-0.39, 0.29) is 0 Å². The predicted molar refractivity (Wildman–Crippen MR) is 60.6 cm³/mol. The first-order valence-corrected chi connectivity index (χ1v) is 5.96. The van der Waals surface area contributed by atoms with Gasteiger partial charge in [0.25, 0.3) is 0 Å². The average molecular weight is 208 g/mol. The molecule has 76 valence electrons. The molecule has 1 aromatic heterocycles. The quantitative estimate of drug-likeness (QED) is 0.773. The van der Waals surface area contributed by atoms with Crippen LogP contribution in [0, 0.1) is 6.92 Å². The van der Waals surface area contributed by atoms with Crippen molar-refractivity contribution < 1.29 is 0 Å². The van der Waals surface area contributed by atoms with E-state index in [4.69, 9.17) is 0 Å². The van der Waals surface area contributed by atoms with E-state index < -0.39 is 0 Å². The molecule has 0 aliphatic heterocycles. The molecule has 1 aliphatic carbocycles. The van der Waals surface area contributed by atoms with Crippen LogP contribution < -0.4 is 5.32 Å². The molecule has 0 saturated heterocycles. The summed E-state index contributed by atoms with van der Waals surface area (Å²) >= 11 is 1.75. The van der Waals surface area contributed by atoms with Crippen molar-refractivity contribution >= 4 is 11.3 Å². The van der Waals surface area contributed by atoms with Crippen molar-refractivity contribution in [2.45, 2.75) is 38.8 Å². The van der Waals surface area contributed by atoms with Gasteiger partial charge in [-0.3, -0.25) is 0 Å². The highest BCUT2D eigenvalue weighted by molar-refractivity contribution is 7.09. The van der Waals surface area contributed by atoms with Crippen LogP contribution in [0.3, 0.4) is 0 Å². The number of thiazole rings is 1. The molecule has 1 heterocycles. The minimum Gasteiger partial charge on any atom is -0.306 e. The Kier molecular flexibility index (Phi) is 2.99. The minimum atomic E-state index is 0.437. The Bertz CT molecular complexity index is 322. The molecule has 2 nitrogen and oxygen atoms in total. The fraction of sp³-hybridized carbons (Fsp3) is 0.545. The Labute approximate surface area is 89.1 Å². The van der Waals surface area contributed by atoms with E-state index in [0.29, 0.717) is 12.1 Å². The minimum absolute atomic E-state index is 0.437. The van der Waals surface area contributed by atoms with E-state index >= 15 is 0 Å². The first kappa shape index (κ1) is 9.87. The summed E-state index contributed by atoms with van der Waals surface area (Å²) in [7, 11) is 0. The number of aromatic nitrogens is 1. The average Bonchev–Trinajstić information content (AvgIpc) is 2.75. The molecule has 1 unspecified atom stereocenters. The molecule has 1 aliphatic rings. The smallest absolute Gasteiger partial charge is 0.0798 e.